The van der Waals surface area contributed by atoms with Crippen LogP contribution < -0.4 is 5.32 Å². The molecule has 0 radical (unpaired) electrons. The molecule has 0 aromatic heterocycles. The Balaban J connectivity index is 1.84. The third-order valence-electron chi connectivity index (χ3n) is 4.68. The van der Waals surface area contributed by atoms with Crippen molar-refractivity contribution in [2.75, 3.05) is 5.32 Å². The molecule has 0 saturated heterocycles. The summed E-state index contributed by atoms with van der Waals surface area (Å²) in [5.41, 5.74) is 3.15. The van der Waals surface area contributed by atoms with Crippen LogP contribution in [0, 0.1) is 5.92 Å². The van der Waals surface area contributed by atoms with Gasteiger partial charge in [0.25, 0.3) is 0 Å². The molecule has 0 spiro atoms. The minimum absolute atomic E-state index is 0.0989. The summed E-state index contributed by atoms with van der Waals surface area (Å²) >= 11 is 25.1. The van der Waals surface area contributed by atoms with Gasteiger partial charge in [0.15, 0.2) is 0 Å². The first kappa shape index (κ1) is 15.7. The van der Waals surface area contributed by atoms with Gasteiger partial charge in [-0.25, -0.2) is 0 Å². The Morgan fingerprint density at radius 2 is 1.70 bits per heavy atom. The molecule has 5 heteroatoms. The topological polar surface area (TPSA) is 12.0 Å². The summed E-state index contributed by atoms with van der Waals surface area (Å²) in [6, 6.07) is 9.50. The van der Waals surface area contributed by atoms with Gasteiger partial charge in [0.05, 0.1) is 6.04 Å². The fourth-order valence-corrected chi connectivity index (χ4v) is 4.85. The predicted molar refractivity (Wildman–Crippen MR) is 99.3 cm³/mol. The molecule has 1 heterocycles. The van der Waals surface area contributed by atoms with Crippen LogP contribution in [-0.4, -0.2) is 0 Å². The lowest BCUT2D eigenvalue weighted by Gasteiger charge is -2.38. The first-order valence-corrected chi connectivity index (χ1v) is 8.93. The van der Waals surface area contributed by atoms with Gasteiger partial charge in [0.2, 0.25) is 0 Å². The molecule has 4 rings (SSSR count). The van der Waals surface area contributed by atoms with Crippen molar-refractivity contribution < 1.29 is 0 Å². The molecule has 1 aliphatic heterocycles. The second kappa shape index (κ2) is 5.89. The highest BCUT2D eigenvalue weighted by molar-refractivity contribution is 6.36. The third kappa shape index (κ3) is 2.64. The molecule has 1 N–H and O–H groups in total. The maximum absolute atomic E-state index is 6.46. The number of benzene rings is 2. The van der Waals surface area contributed by atoms with Gasteiger partial charge in [-0.15, -0.1) is 0 Å². The maximum atomic E-state index is 6.46. The summed E-state index contributed by atoms with van der Waals surface area (Å²) in [7, 11) is 0. The van der Waals surface area contributed by atoms with Crippen molar-refractivity contribution in [3.05, 3.63) is 73.7 Å². The standard InChI is InChI=1S/C18H13Cl4N/c19-9-4-5-13(14(21)6-9)18-12-3-1-2-11(12)17-15(22)7-10(20)8-16(17)23-18/h1-2,4-8,11-12,18,23H,3H2/t11-,12+,18+/m0/s1. The second-order valence-electron chi connectivity index (χ2n) is 5.99. The summed E-state index contributed by atoms with van der Waals surface area (Å²) in [5, 5.41) is 6.25. The average Bonchev–Trinajstić information content (AvgIpc) is 2.95. The van der Waals surface area contributed by atoms with E-state index in [9.17, 15) is 0 Å². The molecule has 2 aromatic carbocycles. The van der Waals surface area contributed by atoms with Gasteiger partial charge in [-0.1, -0.05) is 64.6 Å². The van der Waals surface area contributed by atoms with Crippen LogP contribution in [0.4, 0.5) is 5.69 Å². The van der Waals surface area contributed by atoms with Crippen molar-refractivity contribution in [1.29, 1.82) is 0 Å². The van der Waals surface area contributed by atoms with Crippen LogP contribution in [0.25, 0.3) is 0 Å². The number of hydrogen-bond donors (Lipinski definition) is 1. The summed E-state index contributed by atoms with van der Waals surface area (Å²) in [5.74, 6) is 0.646. The van der Waals surface area contributed by atoms with Crippen LogP contribution in [0.5, 0.6) is 0 Å². The Bertz CT molecular complexity index is 815. The minimum Gasteiger partial charge on any atom is -0.378 e. The van der Waals surface area contributed by atoms with Gasteiger partial charge >= 0.3 is 0 Å². The molecule has 0 bridgehead atoms. The molecular formula is C18H13Cl4N. The lowest BCUT2D eigenvalue weighted by molar-refractivity contribution is 0.426. The average molecular weight is 385 g/mol. The van der Waals surface area contributed by atoms with Gasteiger partial charge in [-0.05, 0) is 42.2 Å². The lowest BCUT2D eigenvalue weighted by atomic mass is 9.77. The highest BCUT2D eigenvalue weighted by atomic mass is 35.5. The van der Waals surface area contributed by atoms with Crippen molar-refractivity contribution in [1.82, 2.24) is 0 Å². The van der Waals surface area contributed by atoms with Gasteiger partial charge in [0.1, 0.15) is 0 Å². The first-order chi connectivity index (χ1) is 11.0. The Hall–Kier alpha value is -0.860. The van der Waals surface area contributed by atoms with E-state index in [4.69, 9.17) is 46.4 Å². The van der Waals surface area contributed by atoms with E-state index in [1.165, 1.54) is 0 Å². The summed E-state index contributed by atoms with van der Waals surface area (Å²) in [6.07, 6.45) is 5.44. The molecule has 0 amide bonds. The van der Waals surface area contributed by atoms with Crippen LogP contribution >= 0.6 is 46.4 Å². The van der Waals surface area contributed by atoms with Gasteiger partial charge in [-0.3, -0.25) is 0 Å². The van der Waals surface area contributed by atoms with Crippen molar-refractivity contribution in [2.24, 2.45) is 5.92 Å². The van der Waals surface area contributed by atoms with Crippen molar-refractivity contribution >= 4 is 52.1 Å². The number of fused-ring (bicyclic) bond motifs is 3. The van der Waals surface area contributed by atoms with E-state index in [0.29, 0.717) is 26.0 Å². The van der Waals surface area contributed by atoms with E-state index < -0.39 is 0 Å². The van der Waals surface area contributed by atoms with E-state index >= 15 is 0 Å². The number of nitrogens with one attached hydrogen (secondary N) is 1. The monoisotopic (exact) mass is 383 g/mol. The minimum atomic E-state index is 0.0989. The van der Waals surface area contributed by atoms with Gasteiger partial charge < -0.3 is 5.32 Å². The highest BCUT2D eigenvalue weighted by Crippen LogP contribution is 2.53. The number of hydrogen-bond acceptors (Lipinski definition) is 1. The van der Waals surface area contributed by atoms with Crippen molar-refractivity contribution in [3.8, 4) is 0 Å². The number of halogens is 4. The lowest BCUT2D eigenvalue weighted by Crippen LogP contribution is -2.29. The van der Waals surface area contributed by atoms with E-state index in [0.717, 1.165) is 23.2 Å². The molecular weight excluding hydrogens is 372 g/mol. The zero-order valence-corrected chi connectivity index (χ0v) is 15.0. The molecule has 2 aromatic rings. The Labute approximate surface area is 155 Å². The zero-order chi connectivity index (χ0) is 16.1. The first-order valence-electron chi connectivity index (χ1n) is 7.41. The molecule has 0 fully saturated rings. The van der Waals surface area contributed by atoms with E-state index in [1.807, 2.05) is 24.3 Å². The fourth-order valence-electron chi connectivity index (χ4n) is 3.71. The van der Waals surface area contributed by atoms with Gasteiger partial charge in [0, 0.05) is 37.3 Å². The quantitative estimate of drug-likeness (QED) is 0.515. The van der Waals surface area contributed by atoms with E-state index in [-0.39, 0.29) is 12.0 Å². The number of anilines is 1. The summed E-state index contributed by atoms with van der Waals surface area (Å²) < 4.78 is 0. The Morgan fingerprint density at radius 3 is 2.48 bits per heavy atom. The third-order valence-corrected chi connectivity index (χ3v) is 5.77. The summed E-state index contributed by atoms with van der Waals surface area (Å²) in [6.45, 7) is 0. The molecule has 23 heavy (non-hydrogen) atoms. The molecule has 0 saturated carbocycles. The smallest absolute Gasteiger partial charge is 0.0568 e. The van der Waals surface area contributed by atoms with Crippen LogP contribution in [0.3, 0.4) is 0 Å². The van der Waals surface area contributed by atoms with Crippen LogP contribution in [0.2, 0.25) is 20.1 Å². The second-order valence-corrected chi connectivity index (χ2v) is 7.68. The van der Waals surface area contributed by atoms with Crippen molar-refractivity contribution in [2.45, 2.75) is 18.4 Å². The van der Waals surface area contributed by atoms with Crippen molar-refractivity contribution in [3.63, 3.8) is 0 Å². The zero-order valence-electron chi connectivity index (χ0n) is 12.0. The largest absolute Gasteiger partial charge is 0.378 e. The normalized spacial score (nSPS) is 25.0. The van der Waals surface area contributed by atoms with Crippen LogP contribution in [-0.2, 0) is 0 Å². The van der Waals surface area contributed by atoms with Crippen LogP contribution in [0.1, 0.15) is 29.5 Å². The molecule has 0 unspecified atom stereocenters. The highest BCUT2D eigenvalue weighted by Gasteiger charge is 2.39. The number of rotatable bonds is 1. The van der Waals surface area contributed by atoms with E-state index in [2.05, 4.69) is 17.5 Å². The molecule has 1 nitrogen and oxygen atoms in total. The summed E-state index contributed by atoms with van der Waals surface area (Å²) in [4.78, 5) is 0. The SMILES string of the molecule is Clc1ccc([C@@H]2Nc3cc(Cl)cc(Cl)c3[C@H]3C=CC[C@H]32)c(Cl)c1. The van der Waals surface area contributed by atoms with Gasteiger partial charge in [-0.2, -0.15) is 0 Å². The maximum Gasteiger partial charge on any atom is 0.0568 e. The molecule has 1 aliphatic carbocycles. The van der Waals surface area contributed by atoms with Crippen LogP contribution in [0.15, 0.2) is 42.5 Å². The Morgan fingerprint density at radius 1 is 0.913 bits per heavy atom. The fraction of sp³-hybridized carbons (Fsp3) is 0.222. The number of allylic oxidation sites excluding steroid dienone is 2. The molecule has 118 valence electrons. The predicted octanol–water partition coefficient (Wildman–Crippen LogP) is 7.13. The molecule has 2 aliphatic rings. The molecule has 3 atom stereocenters. The Kier molecular flexibility index (Phi) is 4.01. The van der Waals surface area contributed by atoms with E-state index in [1.54, 1.807) is 6.07 Å².